The quantitative estimate of drug-likeness (QED) is 0.749. The van der Waals surface area contributed by atoms with Gasteiger partial charge >= 0.3 is 0 Å². The molecule has 1 aliphatic rings. The summed E-state index contributed by atoms with van der Waals surface area (Å²) in [6, 6.07) is 7.26. The van der Waals surface area contributed by atoms with Gasteiger partial charge in [0, 0.05) is 29.8 Å². The van der Waals surface area contributed by atoms with Crippen LogP contribution in [0.2, 0.25) is 0 Å². The Morgan fingerprint density at radius 3 is 2.64 bits per heavy atom. The van der Waals surface area contributed by atoms with Crippen LogP contribution in [0.5, 0.6) is 0 Å². The molecule has 1 saturated carbocycles. The molecule has 22 heavy (non-hydrogen) atoms. The Balaban J connectivity index is 0.00000242. The molecule has 2 rings (SSSR count). The van der Waals surface area contributed by atoms with E-state index in [0.29, 0.717) is 23.7 Å². The zero-order valence-corrected chi connectivity index (χ0v) is 14.0. The van der Waals surface area contributed by atoms with Crippen LogP contribution in [0.1, 0.15) is 30.6 Å². The maximum absolute atomic E-state index is 12.0. The Bertz CT molecular complexity index is 536. The predicted molar refractivity (Wildman–Crippen MR) is 90.4 cm³/mol. The second-order valence-electron chi connectivity index (χ2n) is 5.79. The molecular formula is C16H24ClN3O2. The van der Waals surface area contributed by atoms with Crippen LogP contribution in [-0.4, -0.2) is 31.4 Å². The number of amides is 2. The second-order valence-corrected chi connectivity index (χ2v) is 5.79. The fraction of sp³-hybridized carbons (Fsp3) is 0.500. The van der Waals surface area contributed by atoms with Crippen molar-refractivity contribution in [2.75, 3.05) is 18.9 Å². The molecule has 3 unspecified atom stereocenters. The Morgan fingerprint density at radius 2 is 2.05 bits per heavy atom. The van der Waals surface area contributed by atoms with Crippen LogP contribution in [0, 0.1) is 11.8 Å². The van der Waals surface area contributed by atoms with Crippen molar-refractivity contribution in [1.29, 1.82) is 0 Å². The first-order valence-electron chi connectivity index (χ1n) is 7.37. The lowest BCUT2D eigenvalue weighted by molar-refractivity contribution is -0.117. The molecule has 1 aromatic carbocycles. The molecule has 1 aliphatic carbocycles. The van der Waals surface area contributed by atoms with Crippen molar-refractivity contribution in [3.8, 4) is 0 Å². The van der Waals surface area contributed by atoms with Gasteiger partial charge in [-0.05, 0) is 44.5 Å². The topological polar surface area (TPSA) is 70.2 Å². The average molecular weight is 326 g/mol. The summed E-state index contributed by atoms with van der Waals surface area (Å²) in [5, 5.41) is 8.79. The highest BCUT2D eigenvalue weighted by Crippen LogP contribution is 2.38. The Labute approximate surface area is 137 Å². The van der Waals surface area contributed by atoms with Gasteiger partial charge in [0.05, 0.1) is 0 Å². The van der Waals surface area contributed by atoms with Crippen LogP contribution >= 0.6 is 12.4 Å². The molecule has 0 saturated heterocycles. The summed E-state index contributed by atoms with van der Waals surface area (Å²) in [7, 11) is 1.85. The largest absolute Gasteiger partial charge is 0.350 e. The summed E-state index contributed by atoms with van der Waals surface area (Å²) in [5.74, 6) is 0.510. The number of hydrogen-bond donors (Lipinski definition) is 3. The summed E-state index contributed by atoms with van der Waals surface area (Å²) in [4.78, 5) is 23.9. The number of carbonyl (C=O) groups excluding carboxylic acids is 2. The summed E-state index contributed by atoms with van der Waals surface area (Å²) in [5.41, 5.74) is 1.23. The first kappa shape index (κ1) is 18.5. The number of nitrogens with one attached hydrogen (secondary N) is 3. The zero-order valence-electron chi connectivity index (χ0n) is 13.2. The molecule has 5 nitrogen and oxygen atoms in total. The number of likely N-dealkylation sites (N-methyl/N-ethyl adjacent to an activating group) is 1. The maximum atomic E-state index is 12.0. The van der Waals surface area contributed by atoms with Crippen LogP contribution in [0.4, 0.5) is 5.69 Å². The highest BCUT2D eigenvalue weighted by Gasteiger charge is 2.39. The molecular weight excluding hydrogens is 302 g/mol. The standard InChI is InChI=1S/C16H23N3O2.ClH/c1-10-7-14(10)16(21)19-13-6-4-5-12(8-13)15(20)18-9-11(2)17-3;/h4-6,8,10-11,14,17H,7,9H2,1-3H3,(H,18,20)(H,19,21);1H. The molecule has 3 N–H and O–H groups in total. The van der Waals surface area contributed by atoms with Crippen LogP contribution in [0.15, 0.2) is 24.3 Å². The van der Waals surface area contributed by atoms with Crippen LogP contribution in [-0.2, 0) is 4.79 Å². The van der Waals surface area contributed by atoms with Crippen LogP contribution < -0.4 is 16.0 Å². The van der Waals surface area contributed by atoms with Gasteiger partial charge in [-0.1, -0.05) is 13.0 Å². The predicted octanol–water partition coefficient (Wildman–Crippen LogP) is 2.04. The van der Waals surface area contributed by atoms with Crippen molar-refractivity contribution in [2.45, 2.75) is 26.3 Å². The van der Waals surface area contributed by atoms with E-state index >= 15 is 0 Å². The zero-order chi connectivity index (χ0) is 15.4. The summed E-state index contributed by atoms with van der Waals surface area (Å²) < 4.78 is 0. The van der Waals surface area contributed by atoms with Gasteiger partial charge in [-0.2, -0.15) is 0 Å². The van der Waals surface area contributed by atoms with E-state index < -0.39 is 0 Å². The van der Waals surface area contributed by atoms with E-state index in [1.54, 1.807) is 24.3 Å². The van der Waals surface area contributed by atoms with Crippen molar-refractivity contribution < 1.29 is 9.59 Å². The lowest BCUT2D eigenvalue weighted by atomic mass is 10.1. The molecule has 0 radical (unpaired) electrons. The number of carbonyl (C=O) groups is 2. The van der Waals surface area contributed by atoms with Crippen molar-refractivity contribution in [1.82, 2.24) is 10.6 Å². The molecule has 122 valence electrons. The minimum absolute atomic E-state index is 0. The van der Waals surface area contributed by atoms with Gasteiger partial charge in [0.2, 0.25) is 5.91 Å². The highest BCUT2D eigenvalue weighted by atomic mass is 35.5. The van der Waals surface area contributed by atoms with Crippen LogP contribution in [0.3, 0.4) is 0 Å². The van der Waals surface area contributed by atoms with Gasteiger partial charge in [-0.3, -0.25) is 9.59 Å². The smallest absolute Gasteiger partial charge is 0.251 e. The molecule has 0 bridgehead atoms. The van der Waals surface area contributed by atoms with Crippen molar-refractivity contribution in [3.05, 3.63) is 29.8 Å². The minimum Gasteiger partial charge on any atom is -0.350 e. The molecule has 0 spiro atoms. The lowest BCUT2D eigenvalue weighted by Crippen LogP contribution is -2.37. The Hall–Kier alpha value is -1.59. The van der Waals surface area contributed by atoms with Gasteiger partial charge in [0.1, 0.15) is 0 Å². The van der Waals surface area contributed by atoms with E-state index in [1.165, 1.54) is 0 Å². The van der Waals surface area contributed by atoms with Crippen molar-refractivity contribution >= 4 is 29.9 Å². The van der Waals surface area contributed by atoms with E-state index in [-0.39, 0.29) is 36.2 Å². The second kappa shape index (κ2) is 8.15. The number of anilines is 1. The van der Waals surface area contributed by atoms with Crippen LogP contribution in [0.25, 0.3) is 0 Å². The monoisotopic (exact) mass is 325 g/mol. The minimum atomic E-state index is -0.131. The molecule has 2 amide bonds. The molecule has 3 atom stereocenters. The molecule has 6 heteroatoms. The van der Waals surface area contributed by atoms with Gasteiger partial charge in [0.25, 0.3) is 5.91 Å². The van der Waals surface area contributed by atoms with E-state index in [0.717, 1.165) is 6.42 Å². The van der Waals surface area contributed by atoms with Gasteiger partial charge < -0.3 is 16.0 Å². The third kappa shape index (κ3) is 5.00. The van der Waals surface area contributed by atoms with E-state index in [2.05, 4.69) is 22.9 Å². The summed E-state index contributed by atoms with van der Waals surface area (Å²) >= 11 is 0. The Morgan fingerprint density at radius 1 is 1.36 bits per heavy atom. The summed E-state index contributed by atoms with van der Waals surface area (Å²) in [6.45, 7) is 4.62. The third-order valence-electron chi connectivity index (χ3n) is 3.90. The van der Waals surface area contributed by atoms with Gasteiger partial charge in [0.15, 0.2) is 0 Å². The Kier molecular flexibility index (Phi) is 6.84. The fourth-order valence-electron chi connectivity index (χ4n) is 2.11. The average Bonchev–Trinajstić information content (AvgIpc) is 3.21. The number of halogens is 1. The fourth-order valence-corrected chi connectivity index (χ4v) is 2.11. The van der Waals surface area contributed by atoms with Gasteiger partial charge in [-0.25, -0.2) is 0 Å². The molecule has 0 aromatic heterocycles. The number of benzene rings is 1. The number of hydrogen-bond acceptors (Lipinski definition) is 3. The van der Waals surface area contributed by atoms with E-state index in [9.17, 15) is 9.59 Å². The van der Waals surface area contributed by atoms with Crippen molar-refractivity contribution in [3.63, 3.8) is 0 Å². The lowest BCUT2D eigenvalue weighted by Gasteiger charge is -2.12. The molecule has 1 aromatic rings. The molecule has 0 heterocycles. The third-order valence-corrected chi connectivity index (χ3v) is 3.90. The SMILES string of the molecule is CNC(C)CNC(=O)c1cccc(NC(=O)C2CC2C)c1.Cl. The van der Waals surface area contributed by atoms with E-state index in [4.69, 9.17) is 0 Å². The maximum Gasteiger partial charge on any atom is 0.251 e. The first-order valence-corrected chi connectivity index (χ1v) is 7.37. The summed E-state index contributed by atoms with van der Waals surface area (Å²) in [6.07, 6.45) is 0.952. The van der Waals surface area contributed by atoms with E-state index in [1.807, 2.05) is 14.0 Å². The van der Waals surface area contributed by atoms with Gasteiger partial charge in [-0.15, -0.1) is 12.4 Å². The first-order chi connectivity index (χ1) is 10.0. The molecule has 0 aliphatic heterocycles. The van der Waals surface area contributed by atoms with Crippen molar-refractivity contribution in [2.24, 2.45) is 11.8 Å². The number of rotatable bonds is 6. The normalized spacial score (nSPS) is 20.5. The highest BCUT2D eigenvalue weighted by molar-refractivity contribution is 5.98. The molecule has 1 fully saturated rings.